The minimum atomic E-state index is -0.219. The maximum atomic E-state index is 11.6. The summed E-state index contributed by atoms with van der Waals surface area (Å²) in [4.78, 5) is 15.0. The van der Waals surface area contributed by atoms with E-state index in [0.717, 1.165) is 37.1 Å². The quantitative estimate of drug-likeness (QED) is 0.882. The maximum Gasteiger partial charge on any atom is 0.226 e. The lowest BCUT2D eigenvalue weighted by atomic mass is 9.87. The van der Waals surface area contributed by atoms with Gasteiger partial charge in [-0.3, -0.25) is 4.79 Å². The van der Waals surface area contributed by atoms with Gasteiger partial charge in [-0.1, -0.05) is 31.2 Å². The van der Waals surface area contributed by atoms with Crippen LogP contribution in [0.15, 0.2) is 30.3 Å². The fraction of sp³-hybridized carbons (Fsp3) is 0.353. The Balaban J connectivity index is 2.07. The van der Waals surface area contributed by atoms with Crippen molar-refractivity contribution in [3.05, 3.63) is 47.2 Å². The fourth-order valence-corrected chi connectivity index (χ4v) is 3.19. The van der Waals surface area contributed by atoms with Gasteiger partial charge in [0.2, 0.25) is 5.91 Å². The largest absolute Gasteiger partial charge is 0.369 e. The van der Waals surface area contributed by atoms with Gasteiger partial charge >= 0.3 is 0 Å². The first-order chi connectivity index (χ1) is 9.70. The highest BCUT2D eigenvalue weighted by Crippen LogP contribution is 2.35. The summed E-state index contributed by atoms with van der Waals surface area (Å²) in [6, 6.07) is 10.6. The average Bonchev–Trinajstić information content (AvgIpc) is 2.90. The van der Waals surface area contributed by atoms with Crippen molar-refractivity contribution in [1.29, 1.82) is 0 Å². The van der Waals surface area contributed by atoms with Crippen LogP contribution >= 0.6 is 0 Å². The molecule has 3 rings (SSSR count). The standard InChI is InChI=1S/C17H20N2O/c1-2-11-6-3-4-8-13(11)15-10-12-7-5-9-14(17(18)20)16(12)19-15/h3-4,6,8,10,14,19H,2,5,7,9H2,1H3,(H2,18,20)/t14-/m0/s1. The van der Waals surface area contributed by atoms with Crippen LogP contribution in [0.25, 0.3) is 11.3 Å². The number of aromatic amines is 1. The summed E-state index contributed by atoms with van der Waals surface area (Å²) in [7, 11) is 0. The molecule has 0 aliphatic heterocycles. The lowest BCUT2D eigenvalue weighted by Gasteiger charge is -2.19. The number of aromatic nitrogens is 1. The Kier molecular flexibility index (Phi) is 3.35. The Labute approximate surface area is 119 Å². The van der Waals surface area contributed by atoms with Crippen LogP contribution in [0.1, 0.15) is 42.5 Å². The van der Waals surface area contributed by atoms with E-state index >= 15 is 0 Å². The van der Waals surface area contributed by atoms with E-state index in [-0.39, 0.29) is 11.8 Å². The fourth-order valence-electron chi connectivity index (χ4n) is 3.19. The molecule has 0 fully saturated rings. The molecule has 0 bridgehead atoms. The van der Waals surface area contributed by atoms with Gasteiger partial charge in [0, 0.05) is 17.0 Å². The molecule has 20 heavy (non-hydrogen) atoms. The molecule has 0 unspecified atom stereocenters. The van der Waals surface area contributed by atoms with Crippen LogP contribution in [0.4, 0.5) is 0 Å². The summed E-state index contributed by atoms with van der Waals surface area (Å²) in [5.74, 6) is -0.371. The van der Waals surface area contributed by atoms with Crippen molar-refractivity contribution in [3.8, 4) is 11.3 Å². The molecule has 3 nitrogen and oxygen atoms in total. The van der Waals surface area contributed by atoms with Gasteiger partial charge in [0.1, 0.15) is 0 Å². The van der Waals surface area contributed by atoms with Crippen LogP contribution in [0, 0.1) is 0 Å². The second-order valence-corrected chi connectivity index (χ2v) is 5.48. The molecule has 3 N–H and O–H groups in total. The van der Waals surface area contributed by atoms with E-state index in [1.165, 1.54) is 16.7 Å². The molecule has 0 radical (unpaired) electrons. The van der Waals surface area contributed by atoms with Gasteiger partial charge in [-0.15, -0.1) is 0 Å². The van der Waals surface area contributed by atoms with Crippen LogP contribution in [-0.2, 0) is 17.6 Å². The zero-order chi connectivity index (χ0) is 14.1. The molecule has 1 aromatic heterocycles. The Bertz CT molecular complexity index is 642. The molecule has 1 atom stereocenters. The van der Waals surface area contributed by atoms with Crippen LogP contribution in [0.5, 0.6) is 0 Å². The highest BCUT2D eigenvalue weighted by Gasteiger charge is 2.27. The molecule has 1 aromatic carbocycles. The van der Waals surface area contributed by atoms with Crippen molar-refractivity contribution in [2.45, 2.75) is 38.5 Å². The Morgan fingerprint density at radius 3 is 2.95 bits per heavy atom. The summed E-state index contributed by atoms with van der Waals surface area (Å²) in [5, 5.41) is 0. The molecule has 0 saturated heterocycles. The molecule has 2 aromatic rings. The number of carbonyl (C=O) groups is 1. The van der Waals surface area contributed by atoms with Crippen molar-refractivity contribution in [1.82, 2.24) is 4.98 Å². The number of rotatable bonds is 3. The molecular formula is C17H20N2O. The first-order valence-corrected chi connectivity index (χ1v) is 7.30. The lowest BCUT2D eigenvalue weighted by molar-refractivity contribution is -0.119. The summed E-state index contributed by atoms with van der Waals surface area (Å²) >= 11 is 0. The molecule has 0 spiro atoms. The molecule has 3 heteroatoms. The Morgan fingerprint density at radius 2 is 2.20 bits per heavy atom. The first kappa shape index (κ1) is 13.0. The van der Waals surface area contributed by atoms with E-state index in [0.29, 0.717) is 0 Å². The van der Waals surface area contributed by atoms with E-state index in [1.807, 2.05) is 0 Å². The van der Waals surface area contributed by atoms with Gasteiger partial charge in [-0.25, -0.2) is 0 Å². The maximum absolute atomic E-state index is 11.6. The predicted octanol–water partition coefficient (Wildman–Crippen LogP) is 3.15. The second-order valence-electron chi connectivity index (χ2n) is 5.48. The lowest BCUT2D eigenvalue weighted by Crippen LogP contribution is -2.24. The number of hydrogen-bond acceptors (Lipinski definition) is 1. The number of hydrogen-bond donors (Lipinski definition) is 2. The van der Waals surface area contributed by atoms with Gasteiger partial charge in [-0.05, 0) is 42.9 Å². The number of benzene rings is 1. The molecule has 1 aliphatic carbocycles. The predicted molar refractivity (Wildman–Crippen MR) is 80.5 cm³/mol. The normalized spacial score (nSPS) is 17.8. The van der Waals surface area contributed by atoms with Crippen molar-refractivity contribution in [2.24, 2.45) is 5.73 Å². The zero-order valence-corrected chi connectivity index (χ0v) is 11.8. The topological polar surface area (TPSA) is 58.9 Å². The number of nitrogens with two attached hydrogens (primary N) is 1. The van der Waals surface area contributed by atoms with E-state index < -0.39 is 0 Å². The molecule has 1 amide bonds. The molecule has 104 valence electrons. The van der Waals surface area contributed by atoms with Crippen molar-refractivity contribution in [3.63, 3.8) is 0 Å². The third-order valence-electron chi connectivity index (χ3n) is 4.25. The van der Waals surface area contributed by atoms with Crippen molar-refractivity contribution in [2.75, 3.05) is 0 Å². The van der Waals surface area contributed by atoms with Gasteiger partial charge in [-0.2, -0.15) is 0 Å². The van der Waals surface area contributed by atoms with Gasteiger partial charge in [0.15, 0.2) is 0 Å². The average molecular weight is 268 g/mol. The number of amides is 1. The monoisotopic (exact) mass is 268 g/mol. The Morgan fingerprint density at radius 1 is 1.40 bits per heavy atom. The van der Waals surface area contributed by atoms with Gasteiger partial charge in [0.25, 0.3) is 0 Å². The number of carbonyl (C=O) groups excluding carboxylic acids is 1. The van der Waals surface area contributed by atoms with E-state index in [9.17, 15) is 4.79 Å². The highest BCUT2D eigenvalue weighted by molar-refractivity contribution is 5.83. The first-order valence-electron chi connectivity index (χ1n) is 7.30. The second kappa shape index (κ2) is 5.16. The molecule has 1 heterocycles. The minimum Gasteiger partial charge on any atom is -0.369 e. The SMILES string of the molecule is CCc1ccccc1-c1cc2c([nH]1)[C@@H](C(N)=O)CCC2. The van der Waals surface area contributed by atoms with Gasteiger partial charge in [0.05, 0.1) is 5.92 Å². The van der Waals surface area contributed by atoms with Crippen LogP contribution < -0.4 is 5.73 Å². The Hall–Kier alpha value is -2.03. The van der Waals surface area contributed by atoms with Gasteiger partial charge < -0.3 is 10.7 Å². The number of nitrogens with one attached hydrogen (secondary N) is 1. The number of aryl methyl sites for hydroxylation is 2. The van der Waals surface area contributed by atoms with E-state index in [2.05, 4.69) is 42.2 Å². The van der Waals surface area contributed by atoms with E-state index in [4.69, 9.17) is 5.73 Å². The third-order valence-corrected chi connectivity index (χ3v) is 4.25. The summed E-state index contributed by atoms with van der Waals surface area (Å²) < 4.78 is 0. The molecule has 1 aliphatic rings. The molecular weight excluding hydrogens is 248 g/mol. The van der Waals surface area contributed by atoms with Crippen LogP contribution in [-0.4, -0.2) is 10.9 Å². The third kappa shape index (κ3) is 2.13. The van der Waals surface area contributed by atoms with E-state index in [1.54, 1.807) is 0 Å². The molecule has 0 saturated carbocycles. The summed E-state index contributed by atoms with van der Waals surface area (Å²) in [6.45, 7) is 2.16. The highest BCUT2D eigenvalue weighted by atomic mass is 16.1. The van der Waals surface area contributed by atoms with Crippen molar-refractivity contribution >= 4 is 5.91 Å². The zero-order valence-electron chi connectivity index (χ0n) is 11.8. The number of fused-ring (bicyclic) bond motifs is 1. The van der Waals surface area contributed by atoms with Crippen LogP contribution in [0.3, 0.4) is 0 Å². The summed E-state index contributed by atoms with van der Waals surface area (Å²) in [5.41, 5.74) is 11.5. The number of H-pyrrole nitrogens is 1. The summed E-state index contributed by atoms with van der Waals surface area (Å²) in [6.07, 6.45) is 3.92. The number of primary amides is 1. The van der Waals surface area contributed by atoms with Crippen molar-refractivity contribution < 1.29 is 4.79 Å². The minimum absolute atomic E-state index is 0.152. The smallest absolute Gasteiger partial charge is 0.226 e. The van der Waals surface area contributed by atoms with Crippen LogP contribution in [0.2, 0.25) is 0 Å².